The fraction of sp³-hybridized carbons (Fsp3) is 0.312. The average molecular weight is 322 g/mol. The minimum atomic E-state index is -0.682. The summed E-state index contributed by atoms with van der Waals surface area (Å²) in [6.45, 7) is 0.0437. The molecular formula is C16H18O7. The van der Waals surface area contributed by atoms with E-state index in [0.717, 1.165) is 12.2 Å². The Labute approximate surface area is 133 Å². The molecule has 1 aromatic carbocycles. The van der Waals surface area contributed by atoms with Gasteiger partial charge in [-0.05, 0) is 30.7 Å². The fourth-order valence-electron chi connectivity index (χ4n) is 1.47. The van der Waals surface area contributed by atoms with E-state index >= 15 is 0 Å². The summed E-state index contributed by atoms with van der Waals surface area (Å²) in [7, 11) is 2.75. The molecule has 124 valence electrons. The van der Waals surface area contributed by atoms with Crippen LogP contribution in [0.1, 0.15) is 12.8 Å². The zero-order valence-corrected chi connectivity index (χ0v) is 12.9. The lowest BCUT2D eigenvalue weighted by atomic mass is 10.3. The van der Waals surface area contributed by atoms with Crippen LogP contribution in [-0.2, 0) is 23.9 Å². The molecule has 0 spiro atoms. The Bertz CT molecular complexity index is 560. The van der Waals surface area contributed by atoms with E-state index < -0.39 is 17.9 Å². The quantitative estimate of drug-likeness (QED) is 0.311. The van der Waals surface area contributed by atoms with Gasteiger partial charge in [-0.1, -0.05) is 0 Å². The van der Waals surface area contributed by atoms with Crippen LogP contribution in [0.25, 0.3) is 0 Å². The molecule has 0 bridgehead atoms. The second-order valence-electron chi connectivity index (χ2n) is 4.28. The molecule has 0 saturated carbocycles. The molecule has 0 amide bonds. The molecule has 1 rings (SSSR count). The third-order valence-corrected chi connectivity index (χ3v) is 2.62. The second kappa shape index (κ2) is 9.99. The Hall–Kier alpha value is -2.83. The van der Waals surface area contributed by atoms with Gasteiger partial charge in [0.15, 0.2) is 0 Å². The van der Waals surface area contributed by atoms with Crippen molar-refractivity contribution in [3.05, 3.63) is 36.4 Å². The van der Waals surface area contributed by atoms with E-state index in [9.17, 15) is 14.4 Å². The molecule has 0 N–H and O–H groups in total. The third kappa shape index (κ3) is 7.66. The molecule has 0 aromatic heterocycles. The van der Waals surface area contributed by atoms with Crippen molar-refractivity contribution in [1.82, 2.24) is 0 Å². The fourth-order valence-corrected chi connectivity index (χ4v) is 1.47. The Kier molecular flexibility index (Phi) is 7.91. The monoisotopic (exact) mass is 322 g/mol. The van der Waals surface area contributed by atoms with E-state index in [1.165, 1.54) is 7.11 Å². The minimum Gasteiger partial charge on any atom is -0.497 e. The van der Waals surface area contributed by atoms with Gasteiger partial charge in [-0.25, -0.2) is 9.59 Å². The lowest BCUT2D eigenvalue weighted by molar-refractivity contribution is -0.140. The molecule has 7 heteroatoms. The number of hydrogen-bond donors (Lipinski definition) is 0. The van der Waals surface area contributed by atoms with Gasteiger partial charge >= 0.3 is 17.9 Å². The summed E-state index contributed by atoms with van der Waals surface area (Å²) in [6, 6.07) is 6.60. The van der Waals surface area contributed by atoms with E-state index in [2.05, 4.69) is 4.74 Å². The number of benzene rings is 1. The molecule has 0 atom stereocenters. The van der Waals surface area contributed by atoms with Crippen LogP contribution in [0, 0.1) is 0 Å². The molecule has 0 saturated heterocycles. The predicted molar refractivity (Wildman–Crippen MR) is 80.0 cm³/mol. The van der Waals surface area contributed by atoms with Crippen LogP contribution >= 0.6 is 0 Å². The van der Waals surface area contributed by atoms with Crippen molar-refractivity contribution < 1.29 is 33.3 Å². The van der Waals surface area contributed by atoms with Crippen LogP contribution in [0.2, 0.25) is 0 Å². The van der Waals surface area contributed by atoms with E-state index in [1.54, 1.807) is 31.4 Å². The second-order valence-corrected chi connectivity index (χ2v) is 4.28. The van der Waals surface area contributed by atoms with E-state index in [0.29, 0.717) is 17.9 Å². The van der Waals surface area contributed by atoms with Crippen LogP contribution in [0.3, 0.4) is 0 Å². The zero-order valence-electron chi connectivity index (χ0n) is 12.9. The first kappa shape index (κ1) is 18.2. The molecule has 0 radical (unpaired) electrons. The maximum absolute atomic E-state index is 11.6. The van der Waals surface area contributed by atoms with E-state index in [4.69, 9.17) is 14.2 Å². The third-order valence-electron chi connectivity index (χ3n) is 2.62. The molecule has 0 heterocycles. The van der Waals surface area contributed by atoms with Gasteiger partial charge in [-0.15, -0.1) is 0 Å². The predicted octanol–water partition coefficient (Wildman–Crippen LogP) is 1.65. The summed E-state index contributed by atoms with van der Waals surface area (Å²) in [4.78, 5) is 33.6. The summed E-state index contributed by atoms with van der Waals surface area (Å²) in [5.74, 6) is -0.689. The molecule has 0 aliphatic carbocycles. The number of carbonyl (C=O) groups excluding carboxylic acids is 3. The van der Waals surface area contributed by atoms with Crippen molar-refractivity contribution in [2.75, 3.05) is 20.8 Å². The lowest BCUT2D eigenvalue weighted by Crippen LogP contribution is -2.10. The Balaban J connectivity index is 2.22. The van der Waals surface area contributed by atoms with Crippen molar-refractivity contribution >= 4 is 17.9 Å². The lowest BCUT2D eigenvalue weighted by Gasteiger charge is -2.05. The van der Waals surface area contributed by atoms with Crippen LogP contribution in [0.15, 0.2) is 36.4 Å². The first-order chi connectivity index (χ1) is 11.0. The number of rotatable bonds is 8. The molecule has 23 heavy (non-hydrogen) atoms. The standard InChI is InChI=1S/C16H18O7/c1-20-12-5-7-13(8-6-12)23-16(19)4-3-11-22-15(18)10-9-14(17)21-2/h5-10H,3-4,11H2,1-2H3/b10-9-. The SMILES string of the molecule is COC(=O)/C=C\C(=O)OCCCC(=O)Oc1ccc(OC)cc1. The summed E-state index contributed by atoms with van der Waals surface area (Å²) < 4.78 is 19.2. The summed E-state index contributed by atoms with van der Waals surface area (Å²) >= 11 is 0. The van der Waals surface area contributed by atoms with Crippen LogP contribution < -0.4 is 9.47 Å². The molecule has 0 unspecified atom stereocenters. The molecule has 0 fully saturated rings. The van der Waals surface area contributed by atoms with Gasteiger partial charge in [-0.2, -0.15) is 0 Å². The number of methoxy groups -OCH3 is 2. The molecule has 1 aromatic rings. The van der Waals surface area contributed by atoms with Crippen LogP contribution in [0.4, 0.5) is 0 Å². The first-order valence-corrected chi connectivity index (χ1v) is 6.82. The van der Waals surface area contributed by atoms with Gasteiger partial charge < -0.3 is 18.9 Å². The number of carbonyl (C=O) groups is 3. The van der Waals surface area contributed by atoms with Gasteiger partial charge in [0.05, 0.1) is 20.8 Å². The highest BCUT2D eigenvalue weighted by molar-refractivity contribution is 5.91. The molecule has 0 aliphatic rings. The normalized spacial score (nSPS) is 10.2. The summed E-state index contributed by atoms with van der Waals surface area (Å²) in [6.07, 6.45) is 2.33. The Morgan fingerprint density at radius 1 is 0.957 bits per heavy atom. The molecular weight excluding hydrogens is 304 g/mol. The molecule has 0 aliphatic heterocycles. The largest absolute Gasteiger partial charge is 0.497 e. The number of esters is 3. The van der Waals surface area contributed by atoms with Crippen molar-refractivity contribution in [2.45, 2.75) is 12.8 Å². The van der Waals surface area contributed by atoms with Crippen molar-refractivity contribution in [1.29, 1.82) is 0 Å². The maximum atomic E-state index is 11.6. The zero-order chi connectivity index (χ0) is 17.1. The van der Waals surface area contributed by atoms with Gasteiger partial charge in [0.2, 0.25) is 0 Å². The first-order valence-electron chi connectivity index (χ1n) is 6.82. The van der Waals surface area contributed by atoms with Crippen molar-refractivity contribution in [2.24, 2.45) is 0 Å². The van der Waals surface area contributed by atoms with Crippen molar-refractivity contribution in [3.63, 3.8) is 0 Å². The van der Waals surface area contributed by atoms with E-state index in [-0.39, 0.29) is 13.0 Å². The highest BCUT2D eigenvalue weighted by atomic mass is 16.5. The average Bonchev–Trinajstić information content (AvgIpc) is 2.57. The summed E-state index contributed by atoms with van der Waals surface area (Å²) in [5, 5.41) is 0. The van der Waals surface area contributed by atoms with Crippen LogP contribution in [0.5, 0.6) is 11.5 Å². The van der Waals surface area contributed by atoms with Crippen LogP contribution in [-0.4, -0.2) is 38.7 Å². The Morgan fingerprint density at radius 2 is 1.57 bits per heavy atom. The van der Waals surface area contributed by atoms with Crippen molar-refractivity contribution in [3.8, 4) is 11.5 Å². The number of ether oxygens (including phenoxy) is 4. The maximum Gasteiger partial charge on any atom is 0.331 e. The van der Waals surface area contributed by atoms with E-state index in [1.807, 2.05) is 0 Å². The molecule has 7 nitrogen and oxygen atoms in total. The highest BCUT2D eigenvalue weighted by Crippen LogP contribution is 2.17. The number of hydrogen-bond acceptors (Lipinski definition) is 7. The smallest absolute Gasteiger partial charge is 0.331 e. The van der Waals surface area contributed by atoms with Gasteiger partial charge in [0, 0.05) is 18.6 Å². The van der Waals surface area contributed by atoms with Gasteiger partial charge in [0.1, 0.15) is 11.5 Å². The highest BCUT2D eigenvalue weighted by Gasteiger charge is 2.06. The Morgan fingerprint density at radius 3 is 2.17 bits per heavy atom. The summed E-state index contributed by atoms with van der Waals surface area (Å²) in [5.41, 5.74) is 0. The van der Waals surface area contributed by atoms with Gasteiger partial charge in [0.25, 0.3) is 0 Å². The van der Waals surface area contributed by atoms with Gasteiger partial charge in [-0.3, -0.25) is 4.79 Å². The minimum absolute atomic E-state index is 0.0437. The topological polar surface area (TPSA) is 88.1 Å².